The van der Waals surface area contributed by atoms with E-state index in [0.717, 1.165) is 0 Å². The maximum absolute atomic E-state index is 12.2. The average Bonchev–Trinajstić information content (AvgIpc) is 2.80. The largest absolute Gasteiger partial charge is 0.490 e. The molecule has 0 aliphatic carbocycles. The molecule has 0 aliphatic rings. The summed E-state index contributed by atoms with van der Waals surface area (Å²) in [5, 5.41) is 17.8. The Balaban J connectivity index is 1.66. The minimum Gasteiger partial charge on any atom is -0.490 e. The maximum Gasteiger partial charge on any atom is 0.269 e. The van der Waals surface area contributed by atoms with E-state index in [1.165, 1.54) is 18.3 Å². The molecule has 0 saturated carbocycles. The van der Waals surface area contributed by atoms with Gasteiger partial charge in [-0.05, 0) is 48.9 Å². The minimum absolute atomic E-state index is 0.00861. The Bertz CT molecular complexity index is 1140. The second-order valence-corrected chi connectivity index (χ2v) is 7.05. The summed E-state index contributed by atoms with van der Waals surface area (Å²) in [5.74, 6) is 0.286. The fourth-order valence-electron chi connectivity index (χ4n) is 2.76. The Hall–Kier alpha value is -4.11. The topological polar surface area (TPSA) is 115 Å². The predicted octanol–water partition coefficient (Wildman–Crippen LogP) is 5.11. The number of non-ortho nitro benzene ring substituents is 1. The van der Waals surface area contributed by atoms with Gasteiger partial charge in [0.15, 0.2) is 18.1 Å². The molecular formula is C23H21ClN4O5. The molecule has 0 fully saturated rings. The molecule has 0 spiro atoms. The lowest BCUT2D eigenvalue weighted by molar-refractivity contribution is -0.384. The van der Waals surface area contributed by atoms with Crippen LogP contribution in [0, 0.1) is 10.1 Å². The highest BCUT2D eigenvalue weighted by molar-refractivity contribution is 6.32. The molecule has 33 heavy (non-hydrogen) atoms. The van der Waals surface area contributed by atoms with Crippen LogP contribution in [0.3, 0.4) is 0 Å². The number of hydrogen-bond donors (Lipinski definition) is 2. The number of benzene rings is 3. The van der Waals surface area contributed by atoms with E-state index in [9.17, 15) is 14.9 Å². The first kappa shape index (κ1) is 23.6. The van der Waals surface area contributed by atoms with Gasteiger partial charge in [-0.25, -0.2) is 0 Å². The number of rotatable bonds is 10. The predicted molar refractivity (Wildman–Crippen MR) is 128 cm³/mol. The summed E-state index contributed by atoms with van der Waals surface area (Å²) in [4.78, 5) is 22.4. The fourth-order valence-corrected chi connectivity index (χ4v) is 3.03. The summed E-state index contributed by atoms with van der Waals surface area (Å²) >= 11 is 6.37. The molecule has 0 bridgehead atoms. The highest BCUT2D eigenvalue weighted by atomic mass is 35.5. The zero-order valence-electron chi connectivity index (χ0n) is 17.7. The van der Waals surface area contributed by atoms with Gasteiger partial charge in [0, 0.05) is 17.8 Å². The van der Waals surface area contributed by atoms with Crippen molar-refractivity contribution >= 4 is 40.8 Å². The van der Waals surface area contributed by atoms with Gasteiger partial charge in [-0.15, -0.1) is 0 Å². The van der Waals surface area contributed by atoms with Crippen LogP contribution in [0.4, 0.5) is 17.1 Å². The molecule has 10 heteroatoms. The number of nitrogens with zero attached hydrogens (tertiary/aromatic N) is 2. The summed E-state index contributed by atoms with van der Waals surface area (Å²) in [6.07, 6.45) is 1.52. The van der Waals surface area contributed by atoms with Gasteiger partial charge in [0.2, 0.25) is 0 Å². The number of hydrogen-bond acceptors (Lipinski definition) is 7. The van der Waals surface area contributed by atoms with Gasteiger partial charge in [0.1, 0.15) is 0 Å². The van der Waals surface area contributed by atoms with Crippen LogP contribution in [0.1, 0.15) is 12.5 Å². The van der Waals surface area contributed by atoms with Crippen molar-refractivity contribution in [1.29, 1.82) is 0 Å². The zero-order chi connectivity index (χ0) is 23.6. The molecule has 0 unspecified atom stereocenters. The molecule has 0 saturated heterocycles. The van der Waals surface area contributed by atoms with E-state index in [1.807, 2.05) is 25.1 Å². The third kappa shape index (κ3) is 6.94. The first-order valence-corrected chi connectivity index (χ1v) is 10.3. The molecule has 2 N–H and O–H groups in total. The summed E-state index contributed by atoms with van der Waals surface area (Å²) in [7, 11) is 0. The maximum atomic E-state index is 12.2. The summed E-state index contributed by atoms with van der Waals surface area (Å²) < 4.78 is 11.3. The SMILES string of the molecule is CCOc1cc(/C=N/Nc2ccc([N+](=O)[O-])cc2)cc(Cl)c1OCC(=O)Nc1ccccc1. The van der Waals surface area contributed by atoms with E-state index >= 15 is 0 Å². The number of halogens is 1. The lowest BCUT2D eigenvalue weighted by atomic mass is 10.2. The van der Waals surface area contributed by atoms with Crippen LogP contribution < -0.4 is 20.2 Å². The number of ether oxygens (including phenoxy) is 2. The van der Waals surface area contributed by atoms with Crippen LogP contribution in [0.15, 0.2) is 71.8 Å². The molecule has 0 radical (unpaired) electrons. The van der Waals surface area contributed by atoms with E-state index in [0.29, 0.717) is 29.3 Å². The van der Waals surface area contributed by atoms with Crippen molar-refractivity contribution in [2.45, 2.75) is 6.92 Å². The molecule has 3 rings (SSSR count). The van der Waals surface area contributed by atoms with Crippen molar-refractivity contribution < 1.29 is 19.2 Å². The van der Waals surface area contributed by atoms with Crippen molar-refractivity contribution in [3.05, 3.63) is 87.4 Å². The number of anilines is 2. The molecule has 1 amide bonds. The molecule has 0 heterocycles. The molecule has 3 aromatic rings. The van der Waals surface area contributed by atoms with Gasteiger partial charge in [-0.3, -0.25) is 20.3 Å². The Labute approximate surface area is 195 Å². The van der Waals surface area contributed by atoms with Crippen molar-refractivity contribution in [3.8, 4) is 11.5 Å². The van der Waals surface area contributed by atoms with Crippen molar-refractivity contribution in [2.24, 2.45) is 5.10 Å². The third-order valence-corrected chi connectivity index (χ3v) is 4.50. The number of carbonyl (C=O) groups is 1. The van der Waals surface area contributed by atoms with Gasteiger partial charge in [0.25, 0.3) is 11.6 Å². The van der Waals surface area contributed by atoms with E-state index < -0.39 is 4.92 Å². The lowest BCUT2D eigenvalue weighted by Crippen LogP contribution is -2.20. The fraction of sp³-hybridized carbons (Fsp3) is 0.130. The Morgan fingerprint density at radius 3 is 2.48 bits per heavy atom. The Kier molecular flexibility index (Phi) is 8.20. The first-order valence-electron chi connectivity index (χ1n) is 9.94. The number of amides is 1. The molecular weight excluding hydrogens is 448 g/mol. The molecule has 3 aromatic carbocycles. The highest BCUT2D eigenvalue weighted by Gasteiger charge is 2.14. The van der Waals surface area contributed by atoms with E-state index in [-0.39, 0.29) is 29.0 Å². The quantitative estimate of drug-likeness (QED) is 0.243. The van der Waals surface area contributed by atoms with E-state index in [2.05, 4.69) is 15.8 Å². The van der Waals surface area contributed by atoms with E-state index in [4.69, 9.17) is 21.1 Å². The Morgan fingerprint density at radius 2 is 1.82 bits per heavy atom. The average molecular weight is 469 g/mol. The monoisotopic (exact) mass is 468 g/mol. The van der Waals surface area contributed by atoms with Crippen molar-refractivity contribution in [3.63, 3.8) is 0 Å². The summed E-state index contributed by atoms with van der Waals surface area (Å²) in [6.45, 7) is 1.94. The van der Waals surface area contributed by atoms with Crippen LogP contribution in [-0.2, 0) is 4.79 Å². The first-order chi connectivity index (χ1) is 16.0. The van der Waals surface area contributed by atoms with Crippen LogP contribution in [0.2, 0.25) is 5.02 Å². The van der Waals surface area contributed by atoms with Gasteiger partial charge in [-0.2, -0.15) is 5.10 Å². The smallest absolute Gasteiger partial charge is 0.269 e. The molecule has 0 atom stereocenters. The van der Waals surface area contributed by atoms with Gasteiger partial charge < -0.3 is 14.8 Å². The van der Waals surface area contributed by atoms with Crippen LogP contribution in [-0.4, -0.2) is 30.3 Å². The Morgan fingerprint density at radius 1 is 1.09 bits per heavy atom. The van der Waals surface area contributed by atoms with Crippen LogP contribution >= 0.6 is 11.6 Å². The second kappa shape index (κ2) is 11.5. The molecule has 0 aromatic heterocycles. The number of nitro groups is 1. The lowest BCUT2D eigenvalue weighted by Gasteiger charge is -2.14. The summed E-state index contributed by atoms with van der Waals surface area (Å²) in [5.41, 5.74) is 4.64. The van der Waals surface area contributed by atoms with Crippen LogP contribution in [0.5, 0.6) is 11.5 Å². The summed E-state index contributed by atoms with van der Waals surface area (Å²) in [6, 6.07) is 18.2. The highest BCUT2D eigenvalue weighted by Crippen LogP contribution is 2.36. The zero-order valence-corrected chi connectivity index (χ0v) is 18.4. The number of nitro benzene ring substituents is 1. The van der Waals surface area contributed by atoms with Crippen molar-refractivity contribution in [2.75, 3.05) is 24.0 Å². The van der Waals surface area contributed by atoms with Gasteiger partial charge in [-0.1, -0.05) is 29.8 Å². The minimum atomic E-state index is -0.473. The standard InChI is InChI=1S/C23H21ClN4O5/c1-2-32-21-13-16(14-25-27-18-8-10-19(11-9-18)28(30)31)12-20(24)23(21)33-15-22(29)26-17-6-4-3-5-7-17/h3-14,27H,2,15H2,1H3,(H,26,29)/b25-14+. The number of para-hydroxylation sites is 1. The number of nitrogens with one attached hydrogen (secondary N) is 2. The molecule has 9 nitrogen and oxygen atoms in total. The molecule has 0 aliphatic heterocycles. The number of hydrazone groups is 1. The second-order valence-electron chi connectivity index (χ2n) is 6.64. The molecule has 170 valence electrons. The van der Waals surface area contributed by atoms with Gasteiger partial charge in [0.05, 0.1) is 28.5 Å². The van der Waals surface area contributed by atoms with Crippen LogP contribution in [0.25, 0.3) is 0 Å². The van der Waals surface area contributed by atoms with Crippen molar-refractivity contribution in [1.82, 2.24) is 0 Å². The van der Waals surface area contributed by atoms with Gasteiger partial charge >= 0.3 is 0 Å². The van der Waals surface area contributed by atoms with E-state index in [1.54, 1.807) is 36.4 Å². The normalized spacial score (nSPS) is 10.6. The number of carbonyl (C=O) groups excluding carboxylic acids is 1. The third-order valence-electron chi connectivity index (χ3n) is 4.22.